The molecule has 1 amide bonds. The lowest BCUT2D eigenvalue weighted by molar-refractivity contribution is 0.0939. The molecule has 0 fully saturated rings. The number of rotatable bonds is 8. The van der Waals surface area contributed by atoms with E-state index in [1.165, 1.54) is 0 Å². The summed E-state index contributed by atoms with van der Waals surface area (Å²) in [6.45, 7) is 8.98. The lowest BCUT2D eigenvalue weighted by Crippen LogP contribution is -2.36. The van der Waals surface area contributed by atoms with E-state index in [0.717, 1.165) is 44.5 Å². The highest BCUT2D eigenvalue weighted by Gasteiger charge is 2.23. The number of nitrogens with zero attached hydrogens (tertiary/aromatic N) is 4. The Balaban J connectivity index is 1.37. The minimum atomic E-state index is -0.269. The lowest BCUT2D eigenvalue weighted by atomic mass is 9.91. The van der Waals surface area contributed by atoms with Gasteiger partial charge in [-0.3, -0.25) is 9.48 Å². The Morgan fingerprint density at radius 2 is 1.97 bits per heavy atom. The first-order valence-corrected chi connectivity index (χ1v) is 13.6. The number of carbonyl (C=O) groups excluding carboxylic acids is 1. The molecular formula is C30H32N6OS. The third kappa shape index (κ3) is 5.37. The van der Waals surface area contributed by atoms with E-state index in [0.29, 0.717) is 12.1 Å². The molecule has 0 aliphatic carbocycles. The van der Waals surface area contributed by atoms with Crippen molar-refractivity contribution < 1.29 is 4.79 Å². The third-order valence-corrected chi connectivity index (χ3v) is 7.59. The van der Waals surface area contributed by atoms with Crippen molar-refractivity contribution in [1.29, 1.82) is 0 Å². The predicted octanol–water partition coefficient (Wildman–Crippen LogP) is 5.92. The van der Waals surface area contributed by atoms with Crippen molar-refractivity contribution in [3.63, 3.8) is 0 Å². The largest absolute Gasteiger partial charge is 0.345 e. The molecule has 38 heavy (non-hydrogen) atoms. The van der Waals surface area contributed by atoms with Crippen molar-refractivity contribution in [2.24, 2.45) is 7.05 Å². The summed E-state index contributed by atoms with van der Waals surface area (Å²) >= 11 is 1.59. The van der Waals surface area contributed by atoms with E-state index in [1.807, 2.05) is 75.2 Å². The molecule has 0 bridgehead atoms. The van der Waals surface area contributed by atoms with Crippen LogP contribution in [0.2, 0.25) is 0 Å². The Bertz CT molecular complexity index is 1590. The highest BCUT2D eigenvalue weighted by Crippen LogP contribution is 2.29. The van der Waals surface area contributed by atoms with Gasteiger partial charge in [-0.05, 0) is 62.6 Å². The maximum Gasteiger partial charge on any atom is 0.252 e. The van der Waals surface area contributed by atoms with Gasteiger partial charge in [0.25, 0.3) is 5.91 Å². The van der Waals surface area contributed by atoms with E-state index >= 15 is 0 Å². The Morgan fingerprint density at radius 1 is 1.16 bits per heavy atom. The number of hydrogen-bond acceptors (Lipinski definition) is 6. The summed E-state index contributed by atoms with van der Waals surface area (Å²) in [6, 6.07) is 15.9. The van der Waals surface area contributed by atoms with Gasteiger partial charge in [-0.25, -0.2) is 9.97 Å². The normalized spacial score (nSPS) is 12.6. The molecule has 5 aromatic rings. The van der Waals surface area contributed by atoms with Crippen LogP contribution >= 0.6 is 11.3 Å². The van der Waals surface area contributed by atoms with Gasteiger partial charge < -0.3 is 10.6 Å². The fourth-order valence-corrected chi connectivity index (χ4v) is 5.22. The topological polar surface area (TPSA) is 84.7 Å². The van der Waals surface area contributed by atoms with Gasteiger partial charge in [0.15, 0.2) is 0 Å². The Hall–Kier alpha value is -3.88. The zero-order valence-corrected chi connectivity index (χ0v) is 23.1. The van der Waals surface area contributed by atoms with Crippen molar-refractivity contribution in [2.45, 2.75) is 45.8 Å². The zero-order valence-electron chi connectivity index (χ0n) is 22.3. The van der Waals surface area contributed by atoms with Crippen molar-refractivity contribution in [3.05, 3.63) is 99.8 Å². The van der Waals surface area contributed by atoms with Gasteiger partial charge in [0.1, 0.15) is 0 Å². The second-order valence-corrected chi connectivity index (χ2v) is 10.9. The molecule has 7 nitrogen and oxygen atoms in total. The van der Waals surface area contributed by atoms with Crippen LogP contribution in [0.5, 0.6) is 0 Å². The summed E-state index contributed by atoms with van der Waals surface area (Å²) in [5, 5.41) is 14.2. The number of amides is 1. The molecule has 2 N–H and O–H groups in total. The summed E-state index contributed by atoms with van der Waals surface area (Å²) in [5.41, 5.74) is 9.01. The van der Waals surface area contributed by atoms with Crippen molar-refractivity contribution in [1.82, 2.24) is 30.4 Å². The van der Waals surface area contributed by atoms with E-state index in [4.69, 9.17) is 4.98 Å². The number of nitrogens with one attached hydrogen (secondary N) is 2. The fraction of sp³-hybridized carbons (Fsp3) is 0.267. The number of pyridine rings is 1. The molecule has 1 atom stereocenters. The summed E-state index contributed by atoms with van der Waals surface area (Å²) in [7, 11) is 1.89. The average Bonchev–Trinajstić information content (AvgIpc) is 3.58. The molecule has 0 spiro atoms. The zero-order chi connectivity index (χ0) is 26.9. The number of aryl methyl sites for hydroxylation is 2. The van der Waals surface area contributed by atoms with E-state index in [1.54, 1.807) is 16.0 Å². The summed E-state index contributed by atoms with van der Waals surface area (Å²) in [4.78, 5) is 22.6. The summed E-state index contributed by atoms with van der Waals surface area (Å²) < 4.78 is 1.76. The lowest BCUT2D eigenvalue weighted by Gasteiger charge is -2.27. The maximum atomic E-state index is 13.4. The fourth-order valence-electron chi connectivity index (χ4n) is 4.66. The molecule has 2 aromatic carbocycles. The smallest absolute Gasteiger partial charge is 0.252 e. The SMILES string of the molecule is Cc1cc(C(C)(C)NCc2cscn2)ccc1C(=O)N[C@H](C)c1cc(-c2cnn(C)c2)nc2ccccc12. The molecule has 0 radical (unpaired) electrons. The highest BCUT2D eigenvalue weighted by molar-refractivity contribution is 7.07. The summed E-state index contributed by atoms with van der Waals surface area (Å²) in [6.07, 6.45) is 3.75. The molecule has 3 aromatic heterocycles. The molecule has 0 unspecified atom stereocenters. The molecule has 3 heterocycles. The van der Waals surface area contributed by atoms with E-state index < -0.39 is 0 Å². The number of para-hydroxylation sites is 1. The highest BCUT2D eigenvalue weighted by atomic mass is 32.1. The second-order valence-electron chi connectivity index (χ2n) is 10.2. The Labute approximate surface area is 227 Å². The molecule has 8 heteroatoms. The van der Waals surface area contributed by atoms with Crippen LogP contribution < -0.4 is 10.6 Å². The van der Waals surface area contributed by atoms with Crippen LogP contribution in [0.1, 0.15) is 59.6 Å². The van der Waals surface area contributed by atoms with Crippen LogP contribution in [0, 0.1) is 6.92 Å². The van der Waals surface area contributed by atoms with Crippen molar-refractivity contribution >= 4 is 28.1 Å². The molecule has 0 aliphatic rings. The van der Waals surface area contributed by atoms with E-state index in [-0.39, 0.29) is 17.5 Å². The van der Waals surface area contributed by atoms with Crippen LogP contribution in [0.3, 0.4) is 0 Å². The molecule has 0 aliphatic heterocycles. The van der Waals surface area contributed by atoms with E-state index in [2.05, 4.69) is 52.1 Å². The number of hydrogen-bond donors (Lipinski definition) is 2. The van der Waals surface area contributed by atoms with Crippen LogP contribution in [-0.2, 0) is 19.1 Å². The molecule has 5 rings (SSSR count). The minimum absolute atomic E-state index is 0.0985. The molecule has 0 saturated heterocycles. The molecular weight excluding hydrogens is 492 g/mol. The van der Waals surface area contributed by atoms with Gasteiger partial charge in [-0.15, -0.1) is 11.3 Å². The number of benzene rings is 2. The van der Waals surface area contributed by atoms with Gasteiger partial charge in [-0.1, -0.05) is 30.3 Å². The number of carbonyl (C=O) groups is 1. The standard InChI is InChI=1S/C30H32N6OS/c1-19-12-22(30(3,4)32-15-23-17-38-18-31-23)10-11-24(19)29(37)34-20(2)26-13-28(21-14-33-36(5)16-21)35-27-9-7-6-8-25(26)27/h6-14,16-18,20,32H,15H2,1-5H3,(H,34,37)/t20-/m1/s1. The van der Waals surface area contributed by atoms with Gasteiger partial charge >= 0.3 is 0 Å². The molecule has 194 valence electrons. The van der Waals surface area contributed by atoms with Gasteiger partial charge in [0.2, 0.25) is 0 Å². The van der Waals surface area contributed by atoms with E-state index in [9.17, 15) is 4.79 Å². The minimum Gasteiger partial charge on any atom is -0.345 e. The van der Waals surface area contributed by atoms with Gasteiger partial charge in [0, 0.05) is 47.2 Å². The maximum absolute atomic E-state index is 13.4. The molecule has 0 saturated carbocycles. The number of aromatic nitrogens is 4. The number of thiazole rings is 1. The Kier molecular flexibility index (Phi) is 7.10. The van der Waals surface area contributed by atoms with Crippen LogP contribution in [-0.4, -0.2) is 25.7 Å². The van der Waals surface area contributed by atoms with Gasteiger partial charge in [0.05, 0.1) is 34.7 Å². The first-order valence-electron chi connectivity index (χ1n) is 12.6. The first-order chi connectivity index (χ1) is 18.2. The summed E-state index contributed by atoms with van der Waals surface area (Å²) in [5.74, 6) is -0.0985. The predicted molar refractivity (Wildman–Crippen MR) is 153 cm³/mol. The third-order valence-electron chi connectivity index (χ3n) is 6.95. The second kappa shape index (κ2) is 10.5. The van der Waals surface area contributed by atoms with Crippen LogP contribution in [0.15, 0.2) is 71.8 Å². The van der Waals surface area contributed by atoms with Crippen LogP contribution in [0.4, 0.5) is 0 Å². The number of fused-ring (bicyclic) bond motifs is 1. The van der Waals surface area contributed by atoms with Crippen LogP contribution in [0.25, 0.3) is 22.2 Å². The Morgan fingerprint density at radius 3 is 2.68 bits per heavy atom. The quantitative estimate of drug-likeness (QED) is 0.263. The van der Waals surface area contributed by atoms with Gasteiger partial charge in [-0.2, -0.15) is 5.10 Å². The van der Waals surface area contributed by atoms with Crippen molar-refractivity contribution in [3.8, 4) is 11.3 Å². The van der Waals surface area contributed by atoms with Crippen molar-refractivity contribution in [2.75, 3.05) is 0 Å². The first kappa shape index (κ1) is 25.8. The average molecular weight is 525 g/mol. The monoisotopic (exact) mass is 524 g/mol.